The molecule has 1 aliphatic heterocycles. The number of benzene rings is 1. The van der Waals surface area contributed by atoms with Crippen LogP contribution in [0.2, 0.25) is 0 Å². The Morgan fingerprint density at radius 2 is 2.35 bits per heavy atom. The first-order chi connectivity index (χ1) is 9.72. The zero-order valence-corrected chi connectivity index (χ0v) is 10.7. The Balaban J connectivity index is 1.54. The lowest BCUT2D eigenvalue weighted by atomic mass is 10.0. The number of nitrogens with two attached hydrogens (primary N) is 1. The molecule has 0 saturated heterocycles. The van der Waals surface area contributed by atoms with Crippen LogP contribution in [-0.2, 0) is 16.1 Å². The predicted octanol–water partition coefficient (Wildman–Crippen LogP) is 0.580. The van der Waals surface area contributed by atoms with Gasteiger partial charge >= 0.3 is 5.97 Å². The van der Waals surface area contributed by atoms with E-state index in [1.807, 2.05) is 24.3 Å². The van der Waals surface area contributed by atoms with Crippen LogP contribution in [0.1, 0.15) is 11.5 Å². The second-order valence-electron chi connectivity index (χ2n) is 4.53. The van der Waals surface area contributed by atoms with Gasteiger partial charge in [-0.3, -0.25) is 4.79 Å². The summed E-state index contributed by atoms with van der Waals surface area (Å²) in [5, 5.41) is 3.82. The molecule has 2 N–H and O–H groups in total. The molecule has 1 aromatic heterocycles. The lowest BCUT2D eigenvalue weighted by molar-refractivity contribution is -0.145. The van der Waals surface area contributed by atoms with Crippen molar-refractivity contribution in [3.8, 4) is 5.75 Å². The van der Waals surface area contributed by atoms with Crippen molar-refractivity contribution in [3.63, 3.8) is 0 Å². The molecule has 0 aliphatic carbocycles. The van der Waals surface area contributed by atoms with E-state index in [4.69, 9.17) is 15.2 Å². The number of ether oxygens (including phenoxy) is 2. The lowest BCUT2D eigenvalue weighted by Gasteiger charge is -2.09. The van der Waals surface area contributed by atoms with E-state index in [0.717, 1.165) is 11.3 Å². The number of nitrogens with zero attached hydrogens (tertiary/aromatic N) is 3. The van der Waals surface area contributed by atoms with E-state index in [2.05, 4.69) is 10.1 Å². The molecule has 0 spiro atoms. The number of hydrogen-bond acceptors (Lipinski definition) is 6. The topological polar surface area (TPSA) is 92.3 Å². The standard InChI is InChI=1S/C13H14N4O3/c14-13-15-8-17(16-13)5-12(18)20-7-9-6-19-11-4-2-1-3-10(9)11/h1-4,8-9H,5-7H2,(H2,14,16). The third kappa shape index (κ3) is 2.56. The lowest BCUT2D eigenvalue weighted by Crippen LogP contribution is -2.18. The molecule has 0 bridgehead atoms. The molecule has 1 aromatic carbocycles. The molecule has 7 nitrogen and oxygen atoms in total. The fraction of sp³-hybridized carbons (Fsp3) is 0.308. The summed E-state index contributed by atoms with van der Waals surface area (Å²) in [5.41, 5.74) is 6.44. The van der Waals surface area contributed by atoms with Crippen molar-refractivity contribution in [2.75, 3.05) is 18.9 Å². The van der Waals surface area contributed by atoms with Crippen LogP contribution in [0.4, 0.5) is 5.95 Å². The largest absolute Gasteiger partial charge is 0.493 e. The average Bonchev–Trinajstić information content (AvgIpc) is 3.03. The average molecular weight is 274 g/mol. The number of hydrogen-bond donors (Lipinski definition) is 1. The number of carbonyl (C=O) groups excluding carboxylic acids is 1. The molecule has 1 unspecified atom stereocenters. The van der Waals surface area contributed by atoms with Crippen molar-refractivity contribution in [3.05, 3.63) is 36.2 Å². The SMILES string of the molecule is Nc1ncn(CC(=O)OCC2COc3ccccc32)n1. The maximum atomic E-state index is 11.7. The van der Waals surface area contributed by atoms with E-state index < -0.39 is 0 Å². The summed E-state index contributed by atoms with van der Waals surface area (Å²) in [6, 6.07) is 7.76. The molecule has 7 heteroatoms. The van der Waals surface area contributed by atoms with Crippen LogP contribution in [-0.4, -0.2) is 33.9 Å². The smallest absolute Gasteiger partial charge is 0.327 e. The minimum Gasteiger partial charge on any atom is -0.493 e. The minimum absolute atomic E-state index is 0.000571. The fourth-order valence-electron chi connectivity index (χ4n) is 2.12. The van der Waals surface area contributed by atoms with Gasteiger partial charge in [-0.2, -0.15) is 0 Å². The summed E-state index contributed by atoms with van der Waals surface area (Å²) >= 11 is 0. The molecule has 2 aromatic rings. The molecule has 0 amide bonds. The maximum absolute atomic E-state index is 11.7. The third-order valence-electron chi connectivity index (χ3n) is 3.09. The quantitative estimate of drug-likeness (QED) is 0.820. The molecular weight excluding hydrogens is 260 g/mol. The number of nitrogen functional groups attached to an aromatic ring is 1. The van der Waals surface area contributed by atoms with Crippen molar-refractivity contribution >= 4 is 11.9 Å². The normalized spacial score (nSPS) is 16.5. The zero-order valence-electron chi connectivity index (χ0n) is 10.7. The number of anilines is 1. The van der Waals surface area contributed by atoms with Gasteiger partial charge in [0.1, 0.15) is 25.2 Å². The Morgan fingerprint density at radius 1 is 1.50 bits per heavy atom. The van der Waals surface area contributed by atoms with Crippen LogP contribution in [0.25, 0.3) is 0 Å². The van der Waals surface area contributed by atoms with Crippen LogP contribution in [0.3, 0.4) is 0 Å². The summed E-state index contributed by atoms with van der Waals surface area (Å²) in [6.07, 6.45) is 1.39. The van der Waals surface area contributed by atoms with Crippen LogP contribution in [0, 0.1) is 0 Å². The van der Waals surface area contributed by atoms with Crippen LogP contribution >= 0.6 is 0 Å². The number of fused-ring (bicyclic) bond motifs is 1. The van der Waals surface area contributed by atoms with Gasteiger partial charge in [0.15, 0.2) is 0 Å². The molecule has 3 rings (SSSR count). The third-order valence-corrected chi connectivity index (χ3v) is 3.09. The summed E-state index contributed by atoms with van der Waals surface area (Å²) < 4.78 is 12.1. The van der Waals surface area contributed by atoms with E-state index in [9.17, 15) is 4.79 Å². The Morgan fingerprint density at radius 3 is 3.15 bits per heavy atom. The molecule has 1 aliphatic rings. The molecule has 2 heterocycles. The summed E-state index contributed by atoms with van der Waals surface area (Å²) in [7, 11) is 0. The molecule has 1 atom stereocenters. The van der Waals surface area contributed by atoms with Crippen LogP contribution < -0.4 is 10.5 Å². The van der Waals surface area contributed by atoms with Crippen molar-refractivity contribution in [1.82, 2.24) is 14.8 Å². The summed E-state index contributed by atoms with van der Waals surface area (Å²) in [4.78, 5) is 15.4. The van der Waals surface area contributed by atoms with E-state index in [1.165, 1.54) is 11.0 Å². The highest BCUT2D eigenvalue weighted by Gasteiger charge is 2.24. The van der Waals surface area contributed by atoms with E-state index >= 15 is 0 Å². The van der Waals surface area contributed by atoms with Crippen molar-refractivity contribution in [2.45, 2.75) is 12.5 Å². The van der Waals surface area contributed by atoms with E-state index in [1.54, 1.807) is 0 Å². The highest BCUT2D eigenvalue weighted by Crippen LogP contribution is 2.33. The molecule has 20 heavy (non-hydrogen) atoms. The van der Waals surface area contributed by atoms with Crippen molar-refractivity contribution in [1.29, 1.82) is 0 Å². The van der Waals surface area contributed by atoms with Crippen molar-refractivity contribution < 1.29 is 14.3 Å². The van der Waals surface area contributed by atoms with Gasteiger partial charge in [-0.15, -0.1) is 5.10 Å². The first kappa shape index (κ1) is 12.5. The highest BCUT2D eigenvalue weighted by atomic mass is 16.5. The molecular formula is C13H14N4O3. The molecule has 104 valence electrons. The number of para-hydroxylation sites is 1. The Bertz CT molecular complexity index is 626. The first-order valence-corrected chi connectivity index (χ1v) is 6.24. The Hall–Kier alpha value is -2.57. The van der Waals surface area contributed by atoms with Gasteiger partial charge in [0.2, 0.25) is 5.95 Å². The number of aromatic nitrogens is 3. The Kier molecular flexibility index (Phi) is 3.24. The van der Waals surface area contributed by atoms with Gasteiger partial charge in [-0.1, -0.05) is 18.2 Å². The fourth-order valence-corrected chi connectivity index (χ4v) is 2.12. The second-order valence-corrected chi connectivity index (χ2v) is 4.53. The monoisotopic (exact) mass is 274 g/mol. The van der Waals surface area contributed by atoms with Crippen LogP contribution in [0.5, 0.6) is 5.75 Å². The maximum Gasteiger partial charge on any atom is 0.327 e. The number of esters is 1. The number of carbonyl (C=O) groups is 1. The Labute approximate surface area is 115 Å². The van der Waals surface area contributed by atoms with E-state index in [-0.39, 0.29) is 24.4 Å². The van der Waals surface area contributed by atoms with Gasteiger partial charge < -0.3 is 15.2 Å². The predicted molar refractivity (Wildman–Crippen MR) is 70.1 cm³/mol. The molecule has 0 radical (unpaired) electrons. The van der Waals surface area contributed by atoms with Gasteiger partial charge in [-0.05, 0) is 6.07 Å². The summed E-state index contributed by atoms with van der Waals surface area (Å²) in [6.45, 7) is 0.822. The zero-order chi connectivity index (χ0) is 13.9. The van der Waals surface area contributed by atoms with E-state index in [0.29, 0.717) is 13.2 Å². The number of rotatable bonds is 4. The molecule has 0 fully saturated rings. The molecule has 0 saturated carbocycles. The van der Waals surface area contributed by atoms with Crippen LogP contribution in [0.15, 0.2) is 30.6 Å². The summed E-state index contributed by atoms with van der Waals surface area (Å²) in [5.74, 6) is 0.698. The second kappa shape index (κ2) is 5.20. The first-order valence-electron chi connectivity index (χ1n) is 6.24. The van der Waals surface area contributed by atoms with Gasteiger partial charge in [-0.25, -0.2) is 9.67 Å². The van der Waals surface area contributed by atoms with Gasteiger partial charge in [0.25, 0.3) is 0 Å². The van der Waals surface area contributed by atoms with Gasteiger partial charge in [0.05, 0.1) is 12.5 Å². The van der Waals surface area contributed by atoms with Gasteiger partial charge in [0, 0.05) is 5.56 Å². The highest BCUT2D eigenvalue weighted by molar-refractivity contribution is 5.69. The van der Waals surface area contributed by atoms with Crippen molar-refractivity contribution in [2.24, 2.45) is 0 Å². The minimum atomic E-state index is -0.376.